The zero-order valence-electron chi connectivity index (χ0n) is 15.3. The Kier molecular flexibility index (Phi) is 7.85. The van der Waals surface area contributed by atoms with Crippen molar-refractivity contribution in [1.82, 2.24) is 4.90 Å². The van der Waals surface area contributed by atoms with Crippen LogP contribution in [0.5, 0.6) is 0 Å². The first-order chi connectivity index (χ1) is 12.9. The Morgan fingerprint density at radius 2 is 1.63 bits per heavy atom. The normalized spacial score (nSPS) is 11.4. The van der Waals surface area contributed by atoms with Gasteiger partial charge in [-0.25, -0.2) is 0 Å². The predicted molar refractivity (Wildman–Crippen MR) is 98.1 cm³/mol. The summed E-state index contributed by atoms with van der Waals surface area (Å²) in [4.78, 5) is 13.6. The van der Waals surface area contributed by atoms with E-state index < -0.39 is 11.7 Å². The lowest BCUT2D eigenvalue weighted by Crippen LogP contribution is -2.26. The summed E-state index contributed by atoms with van der Waals surface area (Å²) in [5, 5.41) is 0. The van der Waals surface area contributed by atoms with E-state index >= 15 is 0 Å². The van der Waals surface area contributed by atoms with E-state index in [-0.39, 0.29) is 12.5 Å². The van der Waals surface area contributed by atoms with E-state index in [1.165, 1.54) is 22.6 Å². The first kappa shape index (κ1) is 21.0. The first-order valence-corrected chi connectivity index (χ1v) is 8.88. The van der Waals surface area contributed by atoms with Crippen molar-refractivity contribution in [3.8, 4) is 0 Å². The average Bonchev–Trinajstić information content (AvgIpc) is 2.65. The molecule has 0 saturated carbocycles. The Bertz CT molecular complexity index is 700. The van der Waals surface area contributed by atoms with Gasteiger partial charge in [0.25, 0.3) is 0 Å². The summed E-state index contributed by atoms with van der Waals surface area (Å²) in [6.45, 7) is 1.40. The lowest BCUT2D eigenvalue weighted by atomic mass is 10.1. The van der Waals surface area contributed by atoms with Crippen molar-refractivity contribution in [3.63, 3.8) is 0 Å². The van der Waals surface area contributed by atoms with Crippen molar-refractivity contribution in [2.24, 2.45) is 0 Å². The zero-order valence-corrected chi connectivity index (χ0v) is 15.3. The highest BCUT2D eigenvalue weighted by Gasteiger charge is 2.29. The fraction of sp³-hybridized carbons (Fsp3) is 0.381. The number of ether oxygens (including phenoxy) is 1. The molecule has 0 bridgehead atoms. The number of carbonyl (C=O) groups is 1. The Balaban J connectivity index is 1.63. The molecule has 0 atom stereocenters. The van der Waals surface area contributed by atoms with Crippen LogP contribution in [0.25, 0.3) is 0 Å². The molecule has 6 heteroatoms. The van der Waals surface area contributed by atoms with Gasteiger partial charge in [0.1, 0.15) is 0 Å². The molecule has 2 aromatic rings. The molecule has 0 aromatic heterocycles. The second-order valence-corrected chi connectivity index (χ2v) is 6.40. The van der Waals surface area contributed by atoms with E-state index in [1.54, 1.807) is 7.05 Å². The summed E-state index contributed by atoms with van der Waals surface area (Å²) in [5.41, 5.74) is 1.19. The largest absolute Gasteiger partial charge is 0.416 e. The maximum Gasteiger partial charge on any atom is 0.416 e. The minimum Gasteiger partial charge on any atom is -0.381 e. The number of hydrogen-bond donors (Lipinski definition) is 0. The van der Waals surface area contributed by atoms with E-state index in [9.17, 15) is 18.0 Å². The molecule has 0 aliphatic heterocycles. The van der Waals surface area contributed by atoms with E-state index in [0.717, 1.165) is 18.6 Å². The van der Waals surface area contributed by atoms with Gasteiger partial charge in [0.2, 0.25) is 5.91 Å². The molecule has 0 saturated heterocycles. The molecule has 0 aliphatic rings. The van der Waals surface area contributed by atoms with Gasteiger partial charge in [0, 0.05) is 26.6 Å². The Morgan fingerprint density at radius 3 is 2.26 bits per heavy atom. The number of halogens is 3. The number of nitrogens with zero attached hydrogens (tertiary/aromatic N) is 1. The fourth-order valence-electron chi connectivity index (χ4n) is 2.61. The standard InChI is InChI=1S/C21H24F3NO2/c1-25(16-18-9-11-19(12-10-18)21(22,23)24)20(26)8-5-14-27-15-13-17-6-3-2-4-7-17/h2-4,6-7,9-12H,5,8,13-16H2,1H3. The Hall–Kier alpha value is -2.34. The maximum atomic E-state index is 12.6. The van der Waals surface area contributed by atoms with Gasteiger partial charge in [-0.1, -0.05) is 42.5 Å². The minimum atomic E-state index is -4.35. The van der Waals surface area contributed by atoms with E-state index in [1.807, 2.05) is 30.3 Å². The average molecular weight is 379 g/mol. The topological polar surface area (TPSA) is 29.5 Å². The monoisotopic (exact) mass is 379 g/mol. The van der Waals surface area contributed by atoms with Crippen LogP contribution in [0.3, 0.4) is 0 Å². The predicted octanol–water partition coefficient (Wildman–Crippen LogP) is 4.70. The van der Waals surface area contributed by atoms with Gasteiger partial charge in [-0.2, -0.15) is 13.2 Å². The minimum absolute atomic E-state index is 0.0541. The highest BCUT2D eigenvalue weighted by atomic mass is 19.4. The lowest BCUT2D eigenvalue weighted by Gasteiger charge is -2.18. The summed E-state index contributed by atoms with van der Waals surface area (Å²) < 4.78 is 43.2. The van der Waals surface area contributed by atoms with E-state index in [4.69, 9.17) is 4.74 Å². The number of rotatable bonds is 9. The molecule has 0 heterocycles. The van der Waals surface area contributed by atoms with Gasteiger partial charge in [-0.15, -0.1) is 0 Å². The molecule has 2 aromatic carbocycles. The summed E-state index contributed by atoms with van der Waals surface area (Å²) >= 11 is 0. The molecule has 0 spiro atoms. The van der Waals surface area contributed by atoms with Gasteiger partial charge >= 0.3 is 6.18 Å². The van der Waals surface area contributed by atoms with Crippen LogP contribution in [-0.2, 0) is 28.7 Å². The fourth-order valence-corrected chi connectivity index (χ4v) is 2.61. The van der Waals surface area contributed by atoms with Gasteiger partial charge in [-0.3, -0.25) is 4.79 Å². The van der Waals surface area contributed by atoms with Crippen LogP contribution in [0, 0.1) is 0 Å². The van der Waals surface area contributed by atoms with Crippen molar-refractivity contribution >= 4 is 5.91 Å². The first-order valence-electron chi connectivity index (χ1n) is 8.88. The molecule has 0 unspecified atom stereocenters. The molecule has 0 fully saturated rings. The molecule has 2 rings (SSSR count). The number of alkyl halides is 3. The number of hydrogen-bond acceptors (Lipinski definition) is 2. The van der Waals surface area contributed by atoms with Crippen LogP contribution >= 0.6 is 0 Å². The van der Waals surface area contributed by atoms with Gasteiger partial charge in [0.05, 0.1) is 12.2 Å². The smallest absolute Gasteiger partial charge is 0.381 e. The van der Waals surface area contributed by atoms with Crippen LogP contribution in [-0.4, -0.2) is 31.1 Å². The third-order valence-corrected chi connectivity index (χ3v) is 4.18. The summed E-state index contributed by atoms with van der Waals surface area (Å²) in [6, 6.07) is 14.9. The molecular formula is C21H24F3NO2. The second kappa shape index (κ2) is 10.1. The van der Waals surface area contributed by atoms with Crippen molar-refractivity contribution in [3.05, 3.63) is 71.3 Å². The van der Waals surface area contributed by atoms with Crippen LogP contribution in [0.2, 0.25) is 0 Å². The third kappa shape index (κ3) is 7.43. The lowest BCUT2D eigenvalue weighted by molar-refractivity contribution is -0.137. The SMILES string of the molecule is CN(Cc1ccc(C(F)(F)F)cc1)C(=O)CCCOCCc1ccccc1. The van der Waals surface area contributed by atoms with E-state index in [0.29, 0.717) is 31.6 Å². The van der Waals surface area contributed by atoms with Crippen molar-refractivity contribution in [1.29, 1.82) is 0 Å². The third-order valence-electron chi connectivity index (χ3n) is 4.18. The molecular weight excluding hydrogens is 355 g/mol. The molecule has 0 aliphatic carbocycles. The van der Waals surface area contributed by atoms with Crippen LogP contribution in [0.4, 0.5) is 13.2 Å². The summed E-state index contributed by atoms with van der Waals surface area (Å²) in [6.07, 6.45) is -2.54. The number of carbonyl (C=O) groups excluding carboxylic acids is 1. The molecule has 0 N–H and O–H groups in total. The van der Waals surface area contributed by atoms with Gasteiger partial charge in [0.15, 0.2) is 0 Å². The Morgan fingerprint density at radius 1 is 0.963 bits per heavy atom. The number of amides is 1. The van der Waals surface area contributed by atoms with Crippen LogP contribution in [0.15, 0.2) is 54.6 Å². The quantitative estimate of drug-likeness (QED) is 0.591. The molecule has 0 radical (unpaired) electrons. The molecule has 1 amide bonds. The highest BCUT2D eigenvalue weighted by Crippen LogP contribution is 2.29. The second-order valence-electron chi connectivity index (χ2n) is 6.40. The highest BCUT2D eigenvalue weighted by molar-refractivity contribution is 5.75. The maximum absolute atomic E-state index is 12.6. The van der Waals surface area contributed by atoms with Gasteiger partial charge < -0.3 is 9.64 Å². The van der Waals surface area contributed by atoms with Crippen molar-refractivity contribution in [2.45, 2.75) is 32.0 Å². The van der Waals surface area contributed by atoms with E-state index in [2.05, 4.69) is 0 Å². The van der Waals surface area contributed by atoms with Crippen molar-refractivity contribution in [2.75, 3.05) is 20.3 Å². The van der Waals surface area contributed by atoms with Crippen molar-refractivity contribution < 1.29 is 22.7 Å². The molecule has 3 nitrogen and oxygen atoms in total. The Labute approximate surface area is 157 Å². The number of benzene rings is 2. The summed E-state index contributed by atoms with van der Waals surface area (Å²) in [7, 11) is 1.65. The van der Waals surface area contributed by atoms with Crippen LogP contribution in [0.1, 0.15) is 29.5 Å². The zero-order chi connectivity index (χ0) is 19.7. The summed E-state index contributed by atoms with van der Waals surface area (Å²) in [5.74, 6) is -0.0541. The van der Waals surface area contributed by atoms with Crippen LogP contribution < -0.4 is 0 Å². The van der Waals surface area contributed by atoms with Gasteiger partial charge in [-0.05, 0) is 36.1 Å². The molecule has 146 valence electrons. The molecule has 27 heavy (non-hydrogen) atoms.